The summed E-state index contributed by atoms with van der Waals surface area (Å²) in [6.07, 6.45) is 2.17. The molecule has 1 aliphatic rings. The topological polar surface area (TPSA) is 46.3 Å². The first-order valence-electron chi connectivity index (χ1n) is 7.89. The third-order valence-corrected chi connectivity index (χ3v) is 4.37. The predicted octanol–water partition coefficient (Wildman–Crippen LogP) is 3.37. The van der Waals surface area contributed by atoms with Crippen molar-refractivity contribution < 1.29 is 9.32 Å². The van der Waals surface area contributed by atoms with Crippen molar-refractivity contribution in [1.29, 1.82) is 0 Å². The van der Waals surface area contributed by atoms with Crippen LogP contribution in [-0.4, -0.2) is 22.5 Å². The highest BCUT2D eigenvalue weighted by atomic mass is 16.5. The fraction of sp³-hybridized carbons (Fsp3) is 0.444. The Morgan fingerprint density at radius 1 is 1.36 bits per heavy atom. The summed E-state index contributed by atoms with van der Waals surface area (Å²) in [6, 6.07) is 8.57. The van der Waals surface area contributed by atoms with Gasteiger partial charge in [-0.1, -0.05) is 35.8 Å². The maximum Gasteiger partial charge on any atom is 0.229 e. The van der Waals surface area contributed by atoms with Crippen LogP contribution < -0.4 is 0 Å². The molecule has 4 heteroatoms. The molecule has 0 spiro atoms. The summed E-state index contributed by atoms with van der Waals surface area (Å²) in [6.45, 7) is 6.88. The summed E-state index contributed by atoms with van der Waals surface area (Å²) in [5.74, 6) is 0.876. The number of benzene rings is 1. The average molecular weight is 298 g/mol. The van der Waals surface area contributed by atoms with Crippen LogP contribution in [0, 0.1) is 13.8 Å². The highest BCUT2D eigenvalue weighted by Gasteiger charge is 2.29. The van der Waals surface area contributed by atoms with Gasteiger partial charge in [0.15, 0.2) is 0 Å². The lowest BCUT2D eigenvalue weighted by molar-refractivity contribution is -0.133. The van der Waals surface area contributed by atoms with Gasteiger partial charge >= 0.3 is 0 Å². The maximum atomic E-state index is 12.7. The molecule has 3 rings (SSSR count). The van der Waals surface area contributed by atoms with E-state index in [0.29, 0.717) is 12.1 Å². The molecule has 1 unspecified atom stereocenters. The quantitative estimate of drug-likeness (QED) is 0.872. The lowest BCUT2D eigenvalue weighted by Gasteiger charge is -2.37. The Bertz CT molecular complexity index is 690. The third-order valence-electron chi connectivity index (χ3n) is 4.37. The van der Waals surface area contributed by atoms with E-state index in [2.05, 4.69) is 37.2 Å². The molecule has 1 aromatic heterocycles. The van der Waals surface area contributed by atoms with Gasteiger partial charge in [-0.05, 0) is 37.8 Å². The Kier molecular flexibility index (Phi) is 4.01. The number of aromatic nitrogens is 1. The standard InChI is InChI=1S/C18H22N2O2/c1-4-17-16-6-5-12(2)9-14(16)7-8-20(17)18(21)11-15-10-13(3)22-19-15/h5-6,9-10,17H,4,7-8,11H2,1-3H3. The molecule has 0 aliphatic carbocycles. The van der Waals surface area contributed by atoms with Crippen LogP contribution in [0.15, 0.2) is 28.8 Å². The molecule has 0 bridgehead atoms. The number of hydrogen-bond donors (Lipinski definition) is 0. The summed E-state index contributed by atoms with van der Waals surface area (Å²) in [5, 5.41) is 3.93. The van der Waals surface area contributed by atoms with Gasteiger partial charge in [0.2, 0.25) is 5.91 Å². The number of hydrogen-bond acceptors (Lipinski definition) is 3. The highest BCUT2D eigenvalue weighted by Crippen LogP contribution is 2.33. The number of fused-ring (bicyclic) bond motifs is 1. The number of rotatable bonds is 3. The molecule has 2 heterocycles. The summed E-state index contributed by atoms with van der Waals surface area (Å²) in [7, 11) is 0. The molecular formula is C18H22N2O2. The second kappa shape index (κ2) is 5.95. The van der Waals surface area contributed by atoms with Gasteiger partial charge in [0, 0.05) is 12.6 Å². The largest absolute Gasteiger partial charge is 0.361 e. The van der Waals surface area contributed by atoms with Crippen LogP contribution in [0.4, 0.5) is 0 Å². The second-order valence-electron chi connectivity index (χ2n) is 6.07. The first-order chi connectivity index (χ1) is 10.6. The van der Waals surface area contributed by atoms with Crippen molar-refractivity contribution >= 4 is 5.91 Å². The zero-order chi connectivity index (χ0) is 15.7. The van der Waals surface area contributed by atoms with Gasteiger partial charge < -0.3 is 9.42 Å². The molecule has 1 atom stereocenters. The molecule has 1 aromatic carbocycles. The molecule has 4 nitrogen and oxygen atoms in total. The molecular weight excluding hydrogens is 276 g/mol. The Balaban J connectivity index is 1.82. The zero-order valence-electron chi connectivity index (χ0n) is 13.4. The Morgan fingerprint density at radius 3 is 2.86 bits per heavy atom. The summed E-state index contributed by atoms with van der Waals surface area (Å²) >= 11 is 0. The number of aryl methyl sites for hydroxylation is 2. The Labute approximate surface area is 131 Å². The predicted molar refractivity (Wildman–Crippen MR) is 84.6 cm³/mol. The van der Waals surface area contributed by atoms with Crippen molar-refractivity contribution in [2.45, 2.75) is 46.1 Å². The normalized spacial score (nSPS) is 17.4. The van der Waals surface area contributed by atoms with E-state index in [1.54, 1.807) is 0 Å². The van der Waals surface area contributed by atoms with Crippen LogP contribution in [0.3, 0.4) is 0 Å². The molecule has 1 aliphatic heterocycles. The van der Waals surface area contributed by atoms with Crippen molar-refractivity contribution in [2.24, 2.45) is 0 Å². The van der Waals surface area contributed by atoms with E-state index in [4.69, 9.17) is 4.52 Å². The van der Waals surface area contributed by atoms with Crippen LogP contribution in [0.1, 0.15) is 47.5 Å². The van der Waals surface area contributed by atoms with E-state index in [1.165, 1.54) is 16.7 Å². The fourth-order valence-corrected chi connectivity index (χ4v) is 3.34. The summed E-state index contributed by atoms with van der Waals surface area (Å²) in [4.78, 5) is 14.7. The van der Waals surface area contributed by atoms with E-state index in [-0.39, 0.29) is 11.9 Å². The van der Waals surface area contributed by atoms with Crippen LogP contribution >= 0.6 is 0 Å². The minimum Gasteiger partial charge on any atom is -0.361 e. The van der Waals surface area contributed by atoms with Gasteiger partial charge in [0.05, 0.1) is 18.2 Å². The van der Waals surface area contributed by atoms with Gasteiger partial charge in [0.1, 0.15) is 5.76 Å². The minimum absolute atomic E-state index is 0.131. The molecule has 0 saturated carbocycles. The molecule has 22 heavy (non-hydrogen) atoms. The van der Waals surface area contributed by atoms with Crippen molar-refractivity contribution in [3.8, 4) is 0 Å². The fourth-order valence-electron chi connectivity index (χ4n) is 3.34. The molecule has 1 amide bonds. The number of amides is 1. The van der Waals surface area contributed by atoms with E-state index in [9.17, 15) is 4.79 Å². The lowest BCUT2D eigenvalue weighted by Crippen LogP contribution is -2.40. The molecule has 0 radical (unpaired) electrons. The Morgan fingerprint density at radius 2 is 2.18 bits per heavy atom. The average Bonchev–Trinajstić information content (AvgIpc) is 2.90. The van der Waals surface area contributed by atoms with Crippen LogP contribution in [0.2, 0.25) is 0 Å². The molecule has 0 N–H and O–H groups in total. The van der Waals surface area contributed by atoms with Crippen molar-refractivity contribution in [3.05, 3.63) is 52.4 Å². The lowest BCUT2D eigenvalue weighted by atomic mass is 9.89. The van der Waals surface area contributed by atoms with E-state index < -0.39 is 0 Å². The third kappa shape index (κ3) is 2.78. The van der Waals surface area contributed by atoms with Crippen LogP contribution in [-0.2, 0) is 17.6 Å². The van der Waals surface area contributed by atoms with Gasteiger partial charge in [-0.3, -0.25) is 4.79 Å². The van der Waals surface area contributed by atoms with Gasteiger partial charge in [-0.2, -0.15) is 0 Å². The smallest absolute Gasteiger partial charge is 0.229 e. The molecule has 0 fully saturated rings. The highest BCUT2D eigenvalue weighted by molar-refractivity contribution is 5.79. The molecule has 2 aromatic rings. The number of carbonyl (C=O) groups excluding carboxylic acids is 1. The summed E-state index contributed by atoms with van der Waals surface area (Å²) in [5.41, 5.74) is 4.68. The van der Waals surface area contributed by atoms with E-state index >= 15 is 0 Å². The van der Waals surface area contributed by atoms with E-state index in [1.807, 2.05) is 17.9 Å². The van der Waals surface area contributed by atoms with Crippen LogP contribution in [0.5, 0.6) is 0 Å². The second-order valence-corrected chi connectivity index (χ2v) is 6.07. The van der Waals surface area contributed by atoms with E-state index in [0.717, 1.165) is 25.1 Å². The van der Waals surface area contributed by atoms with Crippen molar-refractivity contribution in [2.75, 3.05) is 6.54 Å². The first kappa shape index (κ1) is 14.8. The molecule has 0 saturated heterocycles. The van der Waals surface area contributed by atoms with Crippen molar-refractivity contribution in [1.82, 2.24) is 10.1 Å². The number of nitrogens with zero attached hydrogens (tertiary/aromatic N) is 2. The summed E-state index contributed by atoms with van der Waals surface area (Å²) < 4.78 is 5.05. The first-order valence-corrected chi connectivity index (χ1v) is 7.89. The maximum absolute atomic E-state index is 12.7. The monoisotopic (exact) mass is 298 g/mol. The zero-order valence-corrected chi connectivity index (χ0v) is 13.4. The van der Waals surface area contributed by atoms with Crippen LogP contribution in [0.25, 0.3) is 0 Å². The van der Waals surface area contributed by atoms with Gasteiger partial charge in [-0.25, -0.2) is 0 Å². The molecule has 116 valence electrons. The number of carbonyl (C=O) groups is 1. The van der Waals surface area contributed by atoms with Gasteiger partial charge in [-0.15, -0.1) is 0 Å². The van der Waals surface area contributed by atoms with Gasteiger partial charge in [0.25, 0.3) is 0 Å². The van der Waals surface area contributed by atoms with Crippen molar-refractivity contribution in [3.63, 3.8) is 0 Å². The Hall–Kier alpha value is -2.10. The SMILES string of the molecule is CCC1c2ccc(C)cc2CCN1C(=O)Cc1cc(C)on1. The minimum atomic E-state index is 0.131.